The summed E-state index contributed by atoms with van der Waals surface area (Å²) in [6.45, 7) is 1.86. The Labute approximate surface area is 77.5 Å². The largest absolute Gasteiger partial charge is 0.364 e. The lowest BCUT2D eigenvalue weighted by Crippen LogP contribution is -2.32. The third-order valence-electron chi connectivity index (χ3n) is 2.18. The zero-order valence-corrected chi connectivity index (χ0v) is 7.41. The topological polar surface area (TPSA) is 35.8 Å². The molecule has 64 valence electrons. The van der Waals surface area contributed by atoms with Gasteiger partial charge in [0.2, 0.25) is 0 Å². The molecule has 0 radical (unpaired) electrons. The van der Waals surface area contributed by atoms with Crippen LogP contribution in [0.25, 0.3) is 6.08 Å². The molecular formula is C11H10N2. The summed E-state index contributed by atoms with van der Waals surface area (Å²) < 4.78 is 0. The van der Waals surface area contributed by atoms with Crippen molar-refractivity contribution in [3.8, 4) is 6.07 Å². The van der Waals surface area contributed by atoms with Crippen molar-refractivity contribution < 1.29 is 0 Å². The van der Waals surface area contributed by atoms with E-state index in [-0.39, 0.29) is 0 Å². The Hall–Kier alpha value is -1.75. The van der Waals surface area contributed by atoms with Gasteiger partial charge < -0.3 is 5.32 Å². The lowest BCUT2D eigenvalue weighted by Gasteiger charge is -2.25. The van der Waals surface area contributed by atoms with Gasteiger partial charge in [0.15, 0.2) is 0 Å². The Morgan fingerprint density at radius 2 is 2.15 bits per heavy atom. The fourth-order valence-electron chi connectivity index (χ4n) is 1.40. The second kappa shape index (κ2) is 2.63. The van der Waals surface area contributed by atoms with Crippen LogP contribution in [0, 0.1) is 11.3 Å². The van der Waals surface area contributed by atoms with Gasteiger partial charge in [-0.15, -0.1) is 0 Å². The molecule has 0 saturated carbocycles. The molecule has 1 aromatic rings. The van der Waals surface area contributed by atoms with Gasteiger partial charge in [-0.2, -0.15) is 5.26 Å². The summed E-state index contributed by atoms with van der Waals surface area (Å²) in [4.78, 5) is 0. The smallest absolute Gasteiger partial charge is 0.141 e. The Bertz CT molecular complexity index is 401. The molecule has 1 unspecified atom stereocenters. The molecule has 1 heterocycles. The van der Waals surface area contributed by atoms with E-state index in [2.05, 4.69) is 11.4 Å². The van der Waals surface area contributed by atoms with E-state index in [4.69, 9.17) is 5.26 Å². The van der Waals surface area contributed by atoms with Gasteiger partial charge in [0.1, 0.15) is 5.54 Å². The van der Waals surface area contributed by atoms with Crippen LogP contribution in [-0.4, -0.2) is 5.54 Å². The zero-order valence-electron chi connectivity index (χ0n) is 7.41. The maximum Gasteiger partial charge on any atom is 0.141 e. The van der Waals surface area contributed by atoms with Crippen LogP contribution in [0.5, 0.6) is 0 Å². The number of rotatable bonds is 0. The van der Waals surface area contributed by atoms with Crippen molar-refractivity contribution in [1.29, 1.82) is 5.26 Å². The second-order valence-corrected chi connectivity index (χ2v) is 3.36. The number of hydrogen-bond acceptors (Lipinski definition) is 2. The molecule has 2 nitrogen and oxygen atoms in total. The number of fused-ring (bicyclic) bond motifs is 1. The predicted molar refractivity (Wildman–Crippen MR) is 53.1 cm³/mol. The van der Waals surface area contributed by atoms with E-state index in [0.717, 1.165) is 11.3 Å². The zero-order chi connectivity index (χ0) is 9.31. The van der Waals surface area contributed by atoms with E-state index in [1.165, 1.54) is 0 Å². The van der Waals surface area contributed by atoms with E-state index >= 15 is 0 Å². The number of nitrogens with zero attached hydrogens (tertiary/aromatic N) is 1. The number of anilines is 1. The summed E-state index contributed by atoms with van der Waals surface area (Å²) in [5.41, 5.74) is 1.60. The number of benzene rings is 1. The van der Waals surface area contributed by atoms with Crippen molar-refractivity contribution in [2.45, 2.75) is 12.5 Å². The molecule has 0 saturated heterocycles. The predicted octanol–water partition coefficient (Wildman–Crippen LogP) is 2.41. The molecule has 0 aromatic heterocycles. The van der Waals surface area contributed by atoms with Crippen molar-refractivity contribution in [3.05, 3.63) is 35.9 Å². The lowest BCUT2D eigenvalue weighted by atomic mass is 9.96. The van der Waals surface area contributed by atoms with E-state index in [0.29, 0.717) is 0 Å². The minimum atomic E-state index is -0.561. The molecule has 0 bridgehead atoms. The highest BCUT2D eigenvalue weighted by Crippen LogP contribution is 2.27. The maximum absolute atomic E-state index is 8.91. The summed E-state index contributed by atoms with van der Waals surface area (Å²) >= 11 is 0. The standard InChI is InChI=1S/C11H10N2/c1-11(8-12)7-6-9-4-2-3-5-10(9)13-11/h2-7,13H,1H3. The maximum atomic E-state index is 8.91. The van der Waals surface area contributed by atoms with Crippen LogP contribution in [0.4, 0.5) is 5.69 Å². The van der Waals surface area contributed by atoms with Crippen molar-refractivity contribution in [2.24, 2.45) is 0 Å². The van der Waals surface area contributed by atoms with Gasteiger partial charge in [-0.1, -0.05) is 24.3 Å². The molecule has 2 heteroatoms. The van der Waals surface area contributed by atoms with Crippen molar-refractivity contribution in [3.63, 3.8) is 0 Å². The van der Waals surface area contributed by atoms with Crippen molar-refractivity contribution in [1.82, 2.24) is 0 Å². The number of hydrogen-bond donors (Lipinski definition) is 1. The minimum absolute atomic E-state index is 0.561. The van der Waals surface area contributed by atoms with E-state index in [1.54, 1.807) is 0 Å². The first-order valence-corrected chi connectivity index (χ1v) is 4.21. The van der Waals surface area contributed by atoms with Crippen molar-refractivity contribution >= 4 is 11.8 Å². The Morgan fingerprint density at radius 3 is 2.92 bits per heavy atom. The van der Waals surface area contributed by atoms with Crippen LogP contribution in [0.15, 0.2) is 30.3 Å². The van der Waals surface area contributed by atoms with Crippen LogP contribution in [0.2, 0.25) is 0 Å². The average molecular weight is 170 g/mol. The normalized spacial score (nSPS) is 24.3. The molecule has 1 N–H and O–H groups in total. The van der Waals surface area contributed by atoms with Crippen LogP contribution in [-0.2, 0) is 0 Å². The first-order chi connectivity index (χ1) is 6.23. The molecule has 1 atom stereocenters. The molecule has 0 aliphatic carbocycles. The highest BCUT2D eigenvalue weighted by Gasteiger charge is 2.23. The van der Waals surface area contributed by atoms with Gasteiger partial charge in [0, 0.05) is 5.69 Å². The summed E-state index contributed by atoms with van der Waals surface area (Å²) in [6, 6.07) is 10.2. The molecule has 1 aliphatic heterocycles. The number of nitriles is 1. The fourth-order valence-corrected chi connectivity index (χ4v) is 1.40. The van der Waals surface area contributed by atoms with E-state index < -0.39 is 5.54 Å². The van der Waals surface area contributed by atoms with Gasteiger partial charge in [-0.3, -0.25) is 0 Å². The monoisotopic (exact) mass is 170 g/mol. The number of nitrogens with one attached hydrogen (secondary N) is 1. The average Bonchev–Trinajstić information content (AvgIpc) is 2.18. The third kappa shape index (κ3) is 1.29. The Balaban J connectivity index is 2.46. The molecule has 0 amide bonds. The van der Waals surface area contributed by atoms with E-state index in [1.807, 2.05) is 43.3 Å². The molecule has 1 aromatic carbocycles. The van der Waals surface area contributed by atoms with Crippen LogP contribution >= 0.6 is 0 Å². The second-order valence-electron chi connectivity index (χ2n) is 3.36. The SMILES string of the molecule is CC1(C#N)C=Cc2ccccc2N1. The summed E-state index contributed by atoms with van der Waals surface area (Å²) in [5, 5.41) is 12.1. The molecule has 0 spiro atoms. The quantitative estimate of drug-likeness (QED) is 0.649. The third-order valence-corrected chi connectivity index (χ3v) is 2.18. The van der Waals surface area contributed by atoms with Crippen LogP contribution < -0.4 is 5.32 Å². The molecule has 13 heavy (non-hydrogen) atoms. The first kappa shape index (κ1) is 7.88. The highest BCUT2D eigenvalue weighted by molar-refractivity contribution is 5.73. The van der Waals surface area contributed by atoms with Crippen LogP contribution in [0.1, 0.15) is 12.5 Å². The minimum Gasteiger partial charge on any atom is -0.364 e. The molecule has 0 fully saturated rings. The van der Waals surface area contributed by atoms with Gasteiger partial charge in [-0.25, -0.2) is 0 Å². The van der Waals surface area contributed by atoms with Crippen molar-refractivity contribution in [2.75, 3.05) is 5.32 Å². The van der Waals surface area contributed by atoms with Crippen LogP contribution in [0.3, 0.4) is 0 Å². The summed E-state index contributed by atoms with van der Waals surface area (Å²) in [7, 11) is 0. The Morgan fingerprint density at radius 1 is 1.38 bits per heavy atom. The summed E-state index contributed by atoms with van der Waals surface area (Å²) in [5.74, 6) is 0. The van der Waals surface area contributed by atoms with Gasteiger partial charge in [0.05, 0.1) is 6.07 Å². The van der Waals surface area contributed by atoms with E-state index in [9.17, 15) is 0 Å². The molecule has 2 rings (SSSR count). The van der Waals surface area contributed by atoms with Gasteiger partial charge in [0.25, 0.3) is 0 Å². The lowest BCUT2D eigenvalue weighted by molar-refractivity contribution is 0.812. The Kier molecular flexibility index (Phi) is 1.60. The summed E-state index contributed by atoms with van der Waals surface area (Å²) in [6.07, 6.45) is 3.87. The van der Waals surface area contributed by atoms with Gasteiger partial charge >= 0.3 is 0 Å². The number of para-hydroxylation sites is 1. The molecule has 1 aliphatic rings. The highest BCUT2D eigenvalue weighted by atomic mass is 15.0. The molecular weight excluding hydrogens is 160 g/mol. The fraction of sp³-hybridized carbons (Fsp3) is 0.182. The van der Waals surface area contributed by atoms with Gasteiger partial charge in [-0.05, 0) is 24.6 Å². The first-order valence-electron chi connectivity index (χ1n) is 4.21.